The van der Waals surface area contributed by atoms with Gasteiger partial charge in [0.25, 0.3) is 0 Å². The summed E-state index contributed by atoms with van der Waals surface area (Å²) in [6.45, 7) is 1.93. The van der Waals surface area contributed by atoms with E-state index in [0.29, 0.717) is 29.2 Å². The minimum absolute atomic E-state index is 0.164. The van der Waals surface area contributed by atoms with Crippen molar-refractivity contribution >= 4 is 33.4 Å². The van der Waals surface area contributed by atoms with Gasteiger partial charge in [-0.2, -0.15) is 4.31 Å². The van der Waals surface area contributed by atoms with E-state index in [1.165, 1.54) is 42.6 Å². The largest absolute Gasteiger partial charge is 0.497 e. The lowest BCUT2D eigenvalue weighted by Crippen LogP contribution is -2.41. The minimum atomic E-state index is -3.65. The van der Waals surface area contributed by atoms with E-state index in [4.69, 9.17) is 21.1 Å². The van der Waals surface area contributed by atoms with Gasteiger partial charge in [0.15, 0.2) is 6.10 Å². The maximum Gasteiger partial charge on any atom is 0.309 e. The van der Waals surface area contributed by atoms with Crippen molar-refractivity contribution in [3.63, 3.8) is 0 Å². The SMILES string of the molecule is COc1ccc(C(=O)C(C)OC(=O)C2CCN(S(=O)(=O)c3ccc(Cl)cc3)CC2)cc1. The molecule has 0 spiro atoms. The molecule has 0 aliphatic carbocycles. The third-order valence-electron chi connectivity index (χ3n) is 5.28. The molecule has 2 aromatic carbocycles. The van der Waals surface area contributed by atoms with Crippen LogP contribution in [0.1, 0.15) is 30.1 Å². The molecule has 1 aliphatic rings. The monoisotopic (exact) mass is 465 g/mol. The number of halogens is 1. The summed E-state index contributed by atoms with van der Waals surface area (Å²) in [7, 11) is -2.11. The zero-order valence-corrected chi connectivity index (χ0v) is 18.9. The number of piperidine rings is 1. The lowest BCUT2D eigenvalue weighted by atomic mass is 9.98. The fraction of sp³-hybridized carbons (Fsp3) is 0.364. The van der Waals surface area contributed by atoms with Crippen LogP contribution in [0.25, 0.3) is 0 Å². The number of hydrogen-bond acceptors (Lipinski definition) is 6. The summed E-state index contributed by atoms with van der Waals surface area (Å²) in [4.78, 5) is 25.2. The Labute approximate surface area is 187 Å². The number of nitrogens with zero attached hydrogens (tertiary/aromatic N) is 1. The van der Waals surface area contributed by atoms with Gasteiger partial charge in [0.1, 0.15) is 5.75 Å². The van der Waals surface area contributed by atoms with E-state index < -0.39 is 28.0 Å². The topological polar surface area (TPSA) is 90.0 Å². The molecule has 0 saturated carbocycles. The molecule has 1 atom stereocenters. The van der Waals surface area contributed by atoms with Crippen LogP contribution >= 0.6 is 11.6 Å². The fourth-order valence-electron chi connectivity index (χ4n) is 3.40. The van der Waals surface area contributed by atoms with Crippen LogP contribution in [0.5, 0.6) is 5.75 Å². The molecule has 3 rings (SSSR count). The van der Waals surface area contributed by atoms with Crippen molar-refractivity contribution in [2.75, 3.05) is 20.2 Å². The maximum atomic E-state index is 12.8. The molecule has 1 unspecified atom stereocenters. The second kappa shape index (κ2) is 9.80. The number of hydrogen-bond donors (Lipinski definition) is 0. The Morgan fingerprint density at radius 3 is 2.16 bits per heavy atom. The second-order valence-corrected chi connectivity index (χ2v) is 9.68. The van der Waals surface area contributed by atoms with Crippen molar-refractivity contribution in [3.8, 4) is 5.75 Å². The van der Waals surface area contributed by atoms with Crippen LogP contribution in [0.3, 0.4) is 0 Å². The first-order valence-corrected chi connectivity index (χ1v) is 11.7. The Hall–Kier alpha value is -2.42. The van der Waals surface area contributed by atoms with E-state index >= 15 is 0 Å². The van der Waals surface area contributed by atoms with Gasteiger partial charge in [-0.15, -0.1) is 0 Å². The highest BCUT2D eigenvalue weighted by atomic mass is 35.5. The number of rotatable bonds is 7. The standard InChI is InChI=1S/C22H24ClNO6S/c1-15(21(25)16-3-7-19(29-2)8-4-16)30-22(26)17-11-13-24(14-12-17)31(27,28)20-9-5-18(23)6-10-20/h3-10,15,17H,11-14H2,1-2H3. The van der Waals surface area contributed by atoms with E-state index in [1.54, 1.807) is 24.3 Å². The molecule has 0 N–H and O–H groups in total. The van der Waals surface area contributed by atoms with Gasteiger partial charge in [0, 0.05) is 23.7 Å². The van der Waals surface area contributed by atoms with Gasteiger partial charge in [-0.3, -0.25) is 9.59 Å². The van der Waals surface area contributed by atoms with E-state index in [9.17, 15) is 18.0 Å². The molecule has 1 heterocycles. The van der Waals surface area contributed by atoms with Crippen LogP contribution < -0.4 is 4.74 Å². The third kappa shape index (κ3) is 5.44. The van der Waals surface area contributed by atoms with E-state index in [-0.39, 0.29) is 23.8 Å². The summed E-state index contributed by atoms with van der Waals surface area (Å²) in [5, 5.41) is 0.457. The number of methoxy groups -OCH3 is 1. The number of benzene rings is 2. The predicted molar refractivity (Wildman–Crippen MR) is 116 cm³/mol. The zero-order valence-electron chi connectivity index (χ0n) is 17.3. The van der Waals surface area contributed by atoms with Crippen LogP contribution in [0.2, 0.25) is 5.02 Å². The average Bonchev–Trinajstić information content (AvgIpc) is 2.79. The molecule has 0 bridgehead atoms. The first kappa shape index (κ1) is 23.2. The first-order valence-electron chi connectivity index (χ1n) is 9.87. The lowest BCUT2D eigenvalue weighted by molar-refractivity contribution is -0.152. The van der Waals surface area contributed by atoms with Crippen LogP contribution in [-0.2, 0) is 19.6 Å². The Kier molecular flexibility index (Phi) is 7.35. The molecule has 2 aromatic rings. The number of Topliss-reactive ketones (excluding diaryl/α,β-unsaturated/α-hetero) is 1. The molecule has 0 aromatic heterocycles. The number of sulfonamides is 1. The smallest absolute Gasteiger partial charge is 0.309 e. The molecule has 1 aliphatic heterocycles. The Morgan fingerprint density at radius 2 is 1.61 bits per heavy atom. The number of esters is 1. The normalized spacial score (nSPS) is 16.5. The molecular formula is C22H24ClNO6S. The van der Waals surface area contributed by atoms with Gasteiger partial charge in [0.05, 0.1) is 17.9 Å². The number of carbonyl (C=O) groups excluding carboxylic acids is 2. The quantitative estimate of drug-likeness (QED) is 0.458. The summed E-state index contributed by atoms with van der Waals surface area (Å²) < 4.78 is 37.3. The predicted octanol–water partition coefficient (Wildman–Crippen LogP) is 3.56. The molecule has 0 amide bonds. The molecule has 166 valence electrons. The minimum Gasteiger partial charge on any atom is -0.497 e. The van der Waals surface area contributed by atoms with Gasteiger partial charge in [-0.25, -0.2) is 8.42 Å². The Balaban J connectivity index is 1.55. The molecule has 31 heavy (non-hydrogen) atoms. The number of ketones is 1. The zero-order chi connectivity index (χ0) is 22.6. The van der Waals surface area contributed by atoms with Crippen LogP contribution in [0, 0.1) is 5.92 Å². The Morgan fingerprint density at radius 1 is 1.03 bits per heavy atom. The summed E-state index contributed by atoms with van der Waals surface area (Å²) in [6.07, 6.45) is -0.277. The summed E-state index contributed by atoms with van der Waals surface area (Å²) >= 11 is 5.83. The highest BCUT2D eigenvalue weighted by Gasteiger charge is 2.34. The highest BCUT2D eigenvalue weighted by Crippen LogP contribution is 2.26. The van der Waals surface area contributed by atoms with Gasteiger partial charge in [0.2, 0.25) is 15.8 Å². The highest BCUT2D eigenvalue weighted by molar-refractivity contribution is 7.89. The van der Waals surface area contributed by atoms with Crippen LogP contribution in [0.15, 0.2) is 53.4 Å². The van der Waals surface area contributed by atoms with Crippen LogP contribution in [0.4, 0.5) is 0 Å². The number of ether oxygens (including phenoxy) is 2. The molecule has 9 heteroatoms. The number of carbonyl (C=O) groups is 2. The summed E-state index contributed by atoms with van der Waals surface area (Å²) in [6, 6.07) is 12.5. The molecule has 1 saturated heterocycles. The molecule has 0 radical (unpaired) electrons. The van der Waals surface area contributed by atoms with Gasteiger partial charge < -0.3 is 9.47 Å². The van der Waals surface area contributed by atoms with Crippen molar-refractivity contribution in [1.29, 1.82) is 0 Å². The van der Waals surface area contributed by atoms with Gasteiger partial charge >= 0.3 is 5.97 Å². The van der Waals surface area contributed by atoms with E-state index in [0.717, 1.165) is 0 Å². The Bertz CT molecular complexity index is 1030. The van der Waals surface area contributed by atoms with E-state index in [1.807, 2.05) is 0 Å². The molecule has 7 nitrogen and oxygen atoms in total. The second-order valence-electron chi connectivity index (χ2n) is 7.30. The van der Waals surface area contributed by atoms with Crippen molar-refractivity contribution in [1.82, 2.24) is 4.31 Å². The average molecular weight is 466 g/mol. The van der Waals surface area contributed by atoms with Crippen molar-refractivity contribution in [2.45, 2.75) is 30.8 Å². The fourth-order valence-corrected chi connectivity index (χ4v) is 5.00. The molecular weight excluding hydrogens is 442 g/mol. The summed E-state index contributed by atoms with van der Waals surface area (Å²) in [5.41, 5.74) is 0.421. The summed E-state index contributed by atoms with van der Waals surface area (Å²) in [5.74, 6) is -0.624. The third-order valence-corrected chi connectivity index (χ3v) is 7.44. The van der Waals surface area contributed by atoms with Crippen molar-refractivity contribution in [3.05, 3.63) is 59.1 Å². The first-order chi connectivity index (χ1) is 14.7. The van der Waals surface area contributed by atoms with Crippen molar-refractivity contribution < 1.29 is 27.5 Å². The maximum absolute atomic E-state index is 12.8. The van der Waals surface area contributed by atoms with E-state index in [2.05, 4.69) is 0 Å². The van der Waals surface area contributed by atoms with Crippen molar-refractivity contribution in [2.24, 2.45) is 5.92 Å². The van der Waals surface area contributed by atoms with Crippen LogP contribution in [-0.4, -0.2) is 50.8 Å². The van der Waals surface area contributed by atoms with Gasteiger partial charge in [-0.1, -0.05) is 11.6 Å². The molecule has 1 fully saturated rings. The van der Waals surface area contributed by atoms with Gasteiger partial charge in [-0.05, 0) is 68.3 Å². The lowest BCUT2D eigenvalue weighted by Gasteiger charge is -2.30.